The van der Waals surface area contributed by atoms with Gasteiger partial charge in [0.2, 0.25) is 5.95 Å². The van der Waals surface area contributed by atoms with Crippen LogP contribution in [0.2, 0.25) is 0 Å². The van der Waals surface area contributed by atoms with Gasteiger partial charge in [0.1, 0.15) is 0 Å². The number of hydrogen-bond donors (Lipinski definition) is 2. The quantitative estimate of drug-likeness (QED) is 0.278. The van der Waals surface area contributed by atoms with Crippen LogP contribution in [0.5, 0.6) is 0 Å². The fourth-order valence-electron chi connectivity index (χ4n) is 2.85. The second-order valence-electron chi connectivity index (χ2n) is 6.41. The number of nitrogens with one attached hydrogen (secondary N) is 2. The normalized spacial score (nSPS) is 18.6. The lowest BCUT2D eigenvalue weighted by Crippen LogP contribution is -2.47. The minimum absolute atomic E-state index is 0. The van der Waals surface area contributed by atoms with Gasteiger partial charge in [-0.1, -0.05) is 0 Å². The number of rotatable bonds is 7. The van der Waals surface area contributed by atoms with E-state index in [0.717, 1.165) is 64.1 Å². The maximum atomic E-state index is 4.68. The van der Waals surface area contributed by atoms with Gasteiger partial charge in [0.25, 0.3) is 0 Å². The molecule has 1 aromatic heterocycles. The van der Waals surface area contributed by atoms with Gasteiger partial charge in [0.05, 0.1) is 0 Å². The summed E-state index contributed by atoms with van der Waals surface area (Å²) in [7, 11) is 0. The van der Waals surface area contributed by atoms with E-state index in [-0.39, 0.29) is 24.0 Å². The molecule has 140 valence electrons. The van der Waals surface area contributed by atoms with Gasteiger partial charge in [0, 0.05) is 64.2 Å². The van der Waals surface area contributed by atoms with Crippen LogP contribution in [-0.2, 0) is 0 Å². The molecule has 1 aliphatic heterocycles. The van der Waals surface area contributed by atoms with E-state index in [0.29, 0.717) is 6.04 Å². The molecule has 1 saturated carbocycles. The van der Waals surface area contributed by atoms with E-state index >= 15 is 0 Å². The van der Waals surface area contributed by atoms with Crippen molar-refractivity contribution in [2.45, 2.75) is 32.2 Å². The van der Waals surface area contributed by atoms with Crippen molar-refractivity contribution < 1.29 is 0 Å². The molecule has 0 unspecified atom stereocenters. The van der Waals surface area contributed by atoms with Crippen LogP contribution in [0, 0.1) is 0 Å². The molecule has 2 fully saturated rings. The lowest BCUT2D eigenvalue weighted by molar-refractivity contribution is 0.255. The molecule has 0 bridgehead atoms. The molecule has 1 saturated heterocycles. The van der Waals surface area contributed by atoms with Crippen molar-refractivity contribution >= 4 is 35.9 Å². The van der Waals surface area contributed by atoms with Crippen molar-refractivity contribution in [1.29, 1.82) is 0 Å². The number of aromatic nitrogens is 2. The van der Waals surface area contributed by atoms with Gasteiger partial charge in [0.15, 0.2) is 5.96 Å². The number of piperazine rings is 1. The first kappa shape index (κ1) is 20.2. The molecule has 0 spiro atoms. The van der Waals surface area contributed by atoms with Crippen molar-refractivity contribution in [3.8, 4) is 0 Å². The van der Waals surface area contributed by atoms with E-state index < -0.39 is 0 Å². The van der Waals surface area contributed by atoms with E-state index in [4.69, 9.17) is 0 Å². The van der Waals surface area contributed by atoms with E-state index in [1.807, 2.05) is 18.5 Å². The van der Waals surface area contributed by atoms with Gasteiger partial charge >= 0.3 is 0 Å². The summed E-state index contributed by atoms with van der Waals surface area (Å²) in [6, 6.07) is 2.51. The summed E-state index contributed by atoms with van der Waals surface area (Å²) in [5, 5.41) is 6.78. The van der Waals surface area contributed by atoms with Crippen LogP contribution in [0.3, 0.4) is 0 Å². The van der Waals surface area contributed by atoms with Crippen LogP contribution in [0.1, 0.15) is 26.2 Å². The smallest absolute Gasteiger partial charge is 0.225 e. The van der Waals surface area contributed by atoms with Gasteiger partial charge < -0.3 is 15.5 Å². The van der Waals surface area contributed by atoms with E-state index in [1.165, 1.54) is 12.8 Å². The summed E-state index contributed by atoms with van der Waals surface area (Å²) in [5.41, 5.74) is 0. The van der Waals surface area contributed by atoms with E-state index in [9.17, 15) is 0 Å². The highest BCUT2D eigenvalue weighted by Gasteiger charge is 2.22. The van der Waals surface area contributed by atoms with Crippen LogP contribution in [0.25, 0.3) is 0 Å². The lowest BCUT2D eigenvalue weighted by atomic mass is 10.3. The Morgan fingerprint density at radius 2 is 1.92 bits per heavy atom. The highest BCUT2D eigenvalue weighted by atomic mass is 127. The molecule has 3 rings (SSSR count). The zero-order valence-corrected chi connectivity index (χ0v) is 17.4. The van der Waals surface area contributed by atoms with Crippen molar-refractivity contribution in [3.63, 3.8) is 0 Å². The molecule has 2 heterocycles. The Labute approximate surface area is 167 Å². The summed E-state index contributed by atoms with van der Waals surface area (Å²) >= 11 is 0. The number of nitrogens with zero attached hydrogens (tertiary/aromatic N) is 5. The summed E-state index contributed by atoms with van der Waals surface area (Å²) in [6.45, 7) is 9.16. The average molecular weight is 459 g/mol. The molecule has 2 aliphatic rings. The molecule has 0 amide bonds. The second kappa shape index (κ2) is 10.7. The molecule has 2 N–H and O–H groups in total. The highest BCUT2D eigenvalue weighted by Crippen LogP contribution is 2.18. The molecule has 0 radical (unpaired) electrons. The van der Waals surface area contributed by atoms with Crippen LogP contribution >= 0.6 is 24.0 Å². The number of guanidine groups is 1. The van der Waals surface area contributed by atoms with Gasteiger partial charge in [-0.2, -0.15) is 0 Å². The van der Waals surface area contributed by atoms with Gasteiger partial charge in [-0.15, -0.1) is 24.0 Å². The number of hydrogen-bond acceptors (Lipinski definition) is 5. The van der Waals surface area contributed by atoms with E-state index in [2.05, 4.69) is 42.3 Å². The number of anilines is 1. The molecule has 0 atom stereocenters. The Kier molecular flexibility index (Phi) is 8.66. The maximum Gasteiger partial charge on any atom is 0.225 e. The van der Waals surface area contributed by atoms with E-state index in [1.54, 1.807) is 0 Å². The molecular formula is C17H30IN7. The lowest BCUT2D eigenvalue weighted by Gasteiger charge is -2.34. The topological polar surface area (TPSA) is 68.7 Å². The fraction of sp³-hybridized carbons (Fsp3) is 0.706. The van der Waals surface area contributed by atoms with Crippen molar-refractivity contribution in [2.75, 3.05) is 50.7 Å². The van der Waals surface area contributed by atoms with Gasteiger partial charge in [-0.3, -0.25) is 9.89 Å². The minimum atomic E-state index is 0. The molecule has 8 heteroatoms. The molecular weight excluding hydrogens is 429 g/mol. The highest BCUT2D eigenvalue weighted by molar-refractivity contribution is 14.0. The Morgan fingerprint density at radius 3 is 2.56 bits per heavy atom. The predicted octanol–water partition coefficient (Wildman–Crippen LogP) is 1.32. The molecule has 7 nitrogen and oxygen atoms in total. The van der Waals surface area contributed by atoms with Crippen LogP contribution in [-0.4, -0.2) is 72.7 Å². The molecule has 25 heavy (non-hydrogen) atoms. The zero-order chi connectivity index (χ0) is 16.6. The number of aliphatic imine (C=N–C) groups is 1. The molecule has 0 aromatic carbocycles. The minimum Gasteiger partial charge on any atom is -0.357 e. The summed E-state index contributed by atoms with van der Waals surface area (Å²) in [4.78, 5) is 18.1. The Bertz CT molecular complexity index is 513. The third kappa shape index (κ3) is 6.93. The van der Waals surface area contributed by atoms with Crippen molar-refractivity contribution in [2.24, 2.45) is 4.99 Å². The monoisotopic (exact) mass is 459 g/mol. The van der Waals surface area contributed by atoms with Crippen LogP contribution in [0.15, 0.2) is 23.5 Å². The SMILES string of the molecule is CCNC(=NCCCN1CCN(c2ncccn2)CC1)NC1CC1.I. The Morgan fingerprint density at radius 1 is 1.20 bits per heavy atom. The summed E-state index contributed by atoms with van der Waals surface area (Å²) in [5.74, 6) is 1.83. The summed E-state index contributed by atoms with van der Waals surface area (Å²) < 4.78 is 0. The largest absolute Gasteiger partial charge is 0.357 e. The first-order chi connectivity index (χ1) is 11.8. The standard InChI is InChI=1S/C17H29N7.HI/c1-2-18-16(22-15-5-6-15)19-9-4-10-23-11-13-24(14-12-23)17-20-7-3-8-21-17;/h3,7-8,15H,2,4-6,9-14H2,1H3,(H2,18,19,22);1H. The van der Waals surface area contributed by atoms with Crippen molar-refractivity contribution in [3.05, 3.63) is 18.5 Å². The van der Waals surface area contributed by atoms with Gasteiger partial charge in [-0.25, -0.2) is 9.97 Å². The van der Waals surface area contributed by atoms with Crippen molar-refractivity contribution in [1.82, 2.24) is 25.5 Å². The summed E-state index contributed by atoms with van der Waals surface area (Å²) in [6.07, 6.45) is 7.28. The first-order valence-corrected chi connectivity index (χ1v) is 9.14. The fourth-order valence-corrected chi connectivity index (χ4v) is 2.85. The Hall–Kier alpha value is -1.16. The maximum absolute atomic E-state index is 4.68. The van der Waals surface area contributed by atoms with Crippen LogP contribution in [0.4, 0.5) is 5.95 Å². The Balaban J connectivity index is 0.00000225. The molecule has 1 aromatic rings. The molecule has 1 aliphatic carbocycles. The second-order valence-corrected chi connectivity index (χ2v) is 6.41. The first-order valence-electron chi connectivity index (χ1n) is 9.14. The average Bonchev–Trinajstić information content (AvgIpc) is 3.44. The zero-order valence-electron chi connectivity index (χ0n) is 15.0. The number of halogens is 1. The third-order valence-electron chi connectivity index (χ3n) is 4.37. The van der Waals surface area contributed by atoms with Gasteiger partial charge in [-0.05, 0) is 32.3 Å². The predicted molar refractivity (Wildman–Crippen MR) is 113 cm³/mol. The van der Waals surface area contributed by atoms with Crippen LogP contribution < -0.4 is 15.5 Å². The third-order valence-corrected chi connectivity index (χ3v) is 4.37.